The number of allylic oxidation sites excluding steroid dienone is 1. The minimum Gasteiger partial charge on any atom is -0.486 e. The molecule has 7 heteroatoms. The summed E-state index contributed by atoms with van der Waals surface area (Å²) in [4.78, 5) is 29.1. The average molecular weight is 416 g/mol. The Morgan fingerprint density at radius 1 is 1.23 bits per heavy atom. The van der Waals surface area contributed by atoms with E-state index >= 15 is 0 Å². The van der Waals surface area contributed by atoms with E-state index in [1.807, 2.05) is 0 Å². The minimum atomic E-state index is -0.551. The van der Waals surface area contributed by atoms with Crippen molar-refractivity contribution in [3.8, 4) is 5.75 Å². The maximum atomic E-state index is 14.9. The van der Waals surface area contributed by atoms with E-state index in [1.165, 1.54) is 11.0 Å². The first-order chi connectivity index (χ1) is 14.4. The molecule has 0 radical (unpaired) electrons. The predicted octanol–water partition coefficient (Wildman–Crippen LogP) is 3.22. The molecule has 1 aromatic carbocycles. The second-order valence-electron chi connectivity index (χ2n) is 8.40. The third-order valence-corrected chi connectivity index (χ3v) is 6.67. The fourth-order valence-corrected chi connectivity index (χ4v) is 5.05. The molecule has 3 atom stereocenters. The molecular weight excluding hydrogens is 385 g/mol. The number of hydrogen-bond acceptors (Lipinski definition) is 4. The van der Waals surface area contributed by atoms with Gasteiger partial charge in [0.1, 0.15) is 12.1 Å². The molecule has 1 saturated heterocycles. The van der Waals surface area contributed by atoms with Crippen molar-refractivity contribution in [2.45, 2.75) is 70.7 Å². The van der Waals surface area contributed by atoms with Crippen LogP contribution in [0.3, 0.4) is 0 Å². The van der Waals surface area contributed by atoms with Crippen LogP contribution in [-0.4, -0.2) is 52.9 Å². The lowest BCUT2D eigenvalue weighted by molar-refractivity contribution is -0.126. The normalized spacial score (nSPS) is 26.3. The summed E-state index contributed by atoms with van der Waals surface area (Å²) in [5.74, 6) is -0.841. The Kier molecular flexibility index (Phi) is 5.82. The number of piperidine rings is 1. The number of carbonyl (C=O) groups excluding carboxylic acids is 2. The van der Waals surface area contributed by atoms with Crippen LogP contribution < -0.4 is 10.1 Å². The highest BCUT2D eigenvalue weighted by Crippen LogP contribution is 2.35. The maximum Gasteiger partial charge on any atom is 0.255 e. The molecule has 0 bridgehead atoms. The van der Waals surface area contributed by atoms with E-state index in [-0.39, 0.29) is 29.7 Å². The first-order valence-electron chi connectivity index (χ1n) is 11.0. The van der Waals surface area contributed by atoms with E-state index in [0.29, 0.717) is 36.2 Å². The number of fused-ring (bicyclic) bond motifs is 1. The fourth-order valence-electron chi connectivity index (χ4n) is 5.05. The minimum absolute atomic E-state index is 0.0548. The summed E-state index contributed by atoms with van der Waals surface area (Å²) in [7, 11) is 0. The lowest BCUT2D eigenvalue weighted by Crippen LogP contribution is -2.49. The summed E-state index contributed by atoms with van der Waals surface area (Å²) < 4.78 is 21.0. The molecule has 2 aliphatic heterocycles. The third kappa shape index (κ3) is 3.71. The van der Waals surface area contributed by atoms with Crippen LogP contribution in [0.25, 0.3) is 0 Å². The zero-order valence-corrected chi connectivity index (χ0v) is 17.7. The molecule has 1 saturated carbocycles. The Balaban J connectivity index is 1.53. The number of likely N-dealkylation sites (N-methyl/N-ethyl adjacent to an activating group) is 1. The summed E-state index contributed by atoms with van der Waals surface area (Å²) in [6.45, 7) is 10.2. The van der Waals surface area contributed by atoms with Crippen LogP contribution in [0.2, 0.25) is 0 Å². The summed E-state index contributed by atoms with van der Waals surface area (Å²) in [5.41, 5.74) is 1.70. The van der Waals surface area contributed by atoms with Gasteiger partial charge in [-0.05, 0) is 62.9 Å². The van der Waals surface area contributed by atoms with E-state index in [0.717, 1.165) is 32.4 Å². The molecule has 4 rings (SSSR count). The van der Waals surface area contributed by atoms with Gasteiger partial charge in [0.2, 0.25) is 5.91 Å². The van der Waals surface area contributed by atoms with Crippen molar-refractivity contribution in [1.29, 1.82) is 0 Å². The zero-order valence-electron chi connectivity index (χ0n) is 17.7. The van der Waals surface area contributed by atoms with Crippen molar-refractivity contribution >= 4 is 11.8 Å². The molecule has 30 heavy (non-hydrogen) atoms. The van der Waals surface area contributed by atoms with E-state index in [2.05, 4.69) is 30.6 Å². The van der Waals surface area contributed by atoms with Crippen LogP contribution >= 0.6 is 0 Å². The largest absolute Gasteiger partial charge is 0.486 e. The molecule has 2 amide bonds. The van der Waals surface area contributed by atoms with Gasteiger partial charge < -0.3 is 15.0 Å². The first-order valence-corrected chi connectivity index (χ1v) is 11.0. The van der Waals surface area contributed by atoms with Crippen molar-refractivity contribution in [2.24, 2.45) is 0 Å². The molecule has 2 heterocycles. The molecule has 1 unspecified atom stereocenters. The number of rotatable bonds is 6. The molecule has 2 fully saturated rings. The van der Waals surface area contributed by atoms with E-state index in [9.17, 15) is 14.0 Å². The van der Waals surface area contributed by atoms with Gasteiger partial charge in [-0.2, -0.15) is 0 Å². The summed E-state index contributed by atoms with van der Waals surface area (Å²) >= 11 is 0. The summed E-state index contributed by atoms with van der Waals surface area (Å²) in [6.07, 6.45) is 4.12. The first kappa shape index (κ1) is 20.8. The lowest BCUT2D eigenvalue weighted by Gasteiger charge is -2.31. The molecule has 0 spiro atoms. The SMILES string of the molecule is C=C1CCC(N2Cc3cc(O[C@H]4CCC[C@H]4N(CC)CC)c(F)cc3C2=O)C(=O)N1. The van der Waals surface area contributed by atoms with Crippen molar-refractivity contribution in [3.05, 3.63) is 41.4 Å². The Morgan fingerprint density at radius 2 is 2.00 bits per heavy atom. The predicted molar refractivity (Wildman–Crippen MR) is 112 cm³/mol. The molecule has 1 aromatic rings. The molecule has 6 nitrogen and oxygen atoms in total. The van der Waals surface area contributed by atoms with Gasteiger partial charge in [0, 0.05) is 23.8 Å². The van der Waals surface area contributed by atoms with Crippen molar-refractivity contribution in [1.82, 2.24) is 15.1 Å². The maximum absolute atomic E-state index is 14.9. The number of halogens is 1. The Hall–Kier alpha value is -2.41. The van der Waals surface area contributed by atoms with Crippen LogP contribution in [-0.2, 0) is 11.3 Å². The van der Waals surface area contributed by atoms with Crippen molar-refractivity contribution in [2.75, 3.05) is 13.1 Å². The van der Waals surface area contributed by atoms with Gasteiger partial charge in [-0.25, -0.2) is 4.39 Å². The van der Waals surface area contributed by atoms with Gasteiger partial charge in [-0.1, -0.05) is 20.4 Å². The number of nitrogens with one attached hydrogen (secondary N) is 1. The quantitative estimate of drug-likeness (QED) is 0.775. The Bertz CT molecular complexity index is 867. The van der Waals surface area contributed by atoms with E-state index in [1.54, 1.807) is 6.07 Å². The monoisotopic (exact) mass is 415 g/mol. The molecule has 3 aliphatic rings. The Morgan fingerprint density at radius 3 is 2.70 bits per heavy atom. The van der Waals surface area contributed by atoms with Gasteiger partial charge >= 0.3 is 0 Å². The number of nitrogens with zero attached hydrogens (tertiary/aromatic N) is 2. The average Bonchev–Trinajstić information content (AvgIpc) is 3.29. The van der Waals surface area contributed by atoms with E-state index in [4.69, 9.17) is 4.74 Å². The molecule has 1 aliphatic carbocycles. The molecule has 162 valence electrons. The van der Waals surface area contributed by atoms with Crippen LogP contribution in [0.15, 0.2) is 24.4 Å². The highest BCUT2D eigenvalue weighted by atomic mass is 19.1. The van der Waals surface area contributed by atoms with Crippen LogP contribution in [0.4, 0.5) is 4.39 Å². The highest BCUT2D eigenvalue weighted by molar-refractivity contribution is 6.01. The third-order valence-electron chi connectivity index (χ3n) is 6.67. The topological polar surface area (TPSA) is 61.9 Å². The van der Waals surface area contributed by atoms with Crippen LogP contribution in [0.1, 0.15) is 61.9 Å². The number of carbonyl (C=O) groups is 2. The van der Waals surface area contributed by atoms with Gasteiger partial charge in [-0.15, -0.1) is 0 Å². The number of ether oxygens (including phenoxy) is 1. The highest BCUT2D eigenvalue weighted by Gasteiger charge is 2.39. The van der Waals surface area contributed by atoms with Crippen LogP contribution in [0, 0.1) is 5.82 Å². The number of benzene rings is 1. The van der Waals surface area contributed by atoms with Crippen molar-refractivity contribution in [3.63, 3.8) is 0 Å². The smallest absolute Gasteiger partial charge is 0.255 e. The van der Waals surface area contributed by atoms with Gasteiger partial charge in [0.05, 0.1) is 0 Å². The fraction of sp³-hybridized carbons (Fsp3) is 0.565. The van der Waals surface area contributed by atoms with Gasteiger partial charge in [-0.3, -0.25) is 14.5 Å². The molecule has 0 aromatic heterocycles. The van der Waals surface area contributed by atoms with Crippen molar-refractivity contribution < 1.29 is 18.7 Å². The van der Waals surface area contributed by atoms with E-state index < -0.39 is 11.9 Å². The molecular formula is C23H30FN3O3. The van der Waals surface area contributed by atoms with Crippen LogP contribution in [0.5, 0.6) is 5.75 Å². The summed E-state index contributed by atoms with van der Waals surface area (Å²) in [6, 6.07) is 2.66. The van der Waals surface area contributed by atoms with Gasteiger partial charge in [0.25, 0.3) is 5.91 Å². The second-order valence-corrected chi connectivity index (χ2v) is 8.40. The second kappa shape index (κ2) is 8.38. The molecule has 1 N–H and O–H groups in total. The summed E-state index contributed by atoms with van der Waals surface area (Å²) in [5, 5.41) is 2.72. The number of amides is 2. The number of hydrogen-bond donors (Lipinski definition) is 1. The Labute approximate surface area is 177 Å². The zero-order chi connectivity index (χ0) is 21.4. The standard InChI is InChI=1S/C23H30FN3O3/c1-4-26(5-2)18-7-6-8-20(18)30-21-11-15-13-27(23(29)16(15)12-17(21)24)19-10-9-14(3)25-22(19)28/h11-12,18-20H,3-10,13H2,1-2H3,(H,25,28)/t18-,19?,20+/m1/s1. The lowest BCUT2D eigenvalue weighted by atomic mass is 10.0. The van der Waals surface area contributed by atoms with Gasteiger partial charge in [0.15, 0.2) is 11.6 Å².